The van der Waals surface area contributed by atoms with Crippen LogP contribution >= 0.6 is 12.2 Å². The number of benzene rings is 1. The van der Waals surface area contributed by atoms with E-state index < -0.39 is 0 Å². The highest BCUT2D eigenvalue weighted by Crippen LogP contribution is 2.39. The lowest BCUT2D eigenvalue weighted by molar-refractivity contribution is -0.132. The minimum atomic E-state index is 0.234. The first kappa shape index (κ1) is 18.2. The number of rotatable bonds is 6. The fraction of sp³-hybridized carbons (Fsp3) is 0.550. The molecule has 1 saturated heterocycles. The van der Waals surface area contributed by atoms with Crippen LogP contribution in [0.2, 0.25) is 0 Å². The van der Waals surface area contributed by atoms with Crippen LogP contribution < -0.4 is 4.74 Å². The van der Waals surface area contributed by atoms with Crippen LogP contribution in [-0.4, -0.2) is 45.8 Å². The Balaban J connectivity index is 1.31. The van der Waals surface area contributed by atoms with Crippen molar-refractivity contribution in [1.29, 1.82) is 0 Å². The summed E-state index contributed by atoms with van der Waals surface area (Å²) in [7, 11) is 1.66. The smallest absolute Gasteiger partial charge is 0.222 e. The maximum atomic E-state index is 12.6. The Kier molecular flexibility index (Phi) is 5.29. The second-order valence-electron chi connectivity index (χ2n) is 7.49. The van der Waals surface area contributed by atoms with Gasteiger partial charge in [0.1, 0.15) is 11.6 Å². The van der Waals surface area contributed by atoms with Gasteiger partial charge in [0.25, 0.3) is 0 Å². The molecule has 2 fully saturated rings. The first-order valence-corrected chi connectivity index (χ1v) is 10.1. The zero-order chi connectivity index (χ0) is 18.8. The number of aryl methyl sites for hydroxylation is 1. The topological polar surface area (TPSA) is 63.1 Å². The third-order valence-corrected chi connectivity index (χ3v) is 5.91. The summed E-state index contributed by atoms with van der Waals surface area (Å²) < 4.78 is 8.20. The molecule has 0 unspecified atom stereocenters. The number of ether oxygens (including phenoxy) is 1. The van der Waals surface area contributed by atoms with Gasteiger partial charge in [0.05, 0.1) is 7.11 Å². The van der Waals surface area contributed by atoms with Gasteiger partial charge in [-0.3, -0.25) is 9.89 Å². The highest BCUT2D eigenvalue weighted by molar-refractivity contribution is 7.71. The van der Waals surface area contributed by atoms with Crippen molar-refractivity contribution in [2.45, 2.75) is 50.5 Å². The van der Waals surface area contributed by atoms with Gasteiger partial charge in [0, 0.05) is 31.5 Å². The molecule has 0 spiro atoms. The number of nitrogens with zero attached hydrogens (tertiary/aromatic N) is 3. The molecule has 0 bridgehead atoms. The van der Waals surface area contributed by atoms with E-state index >= 15 is 0 Å². The summed E-state index contributed by atoms with van der Waals surface area (Å²) in [6.45, 7) is 1.60. The van der Waals surface area contributed by atoms with Crippen LogP contribution in [0.25, 0.3) is 0 Å². The zero-order valence-electron chi connectivity index (χ0n) is 15.7. The lowest BCUT2D eigenvalue weighted by atomic mass is 9.95. The number of nitrogens with one attached hydrogen (secondary N) is 1. The fourth-order valence-electron chi connectivity index (χ4n) is 3.91. The molecule has 0 atom stereocenters. The number of likely N-dealkylation sites (tertiary alicyclic amines) is 1. The maximum Gasteiger partial charge on any atom is 0.222 e. The monoisotopic (exact) mass is 386 g/mol. The van der Waals surface area contributed by atoms with Gasteiger partial charge in [0.2, 0.25) is 5.91 Å². The lowest BCUT2D eigenvalue weighted by Crippen LogP contribution is -2.38. The molecule has 4 rings (SSSR count). The lowest BCUT2D eigenvalue weighted by Gasteiger charge is -2.31. The molecule has 1 aromatic carbocycles. The van der Waals surface area contributed by atoms with Gasteiger partial charge in [0.15, 0.2) is 4.77 Å². The molecule has 1 aromatic heterocycles. The van der Waals surface area contributed by atoms with Crippen LogP contribution in [0.4, 0.5) is 0 Å². The molecule has 0 radical (unpaired) electrons. The van der Waals surface area contributed by atoms with E-state index in [9.17, 15) is 4.79 Å². The summed E-state index contributed by atoms with van der Waals surface area (Å²) >= 11 is 5.39. The third kappa shape index (κ3) is 4.08. The van der Waals surface area contributed by atoms with E-state index in [1.54, 1.807) is 7.11 Å². The van der Waals surface area contributed by atoms with Gasteiger partial charge < -0.3 is 14.2 Å². The largest absolute Gasteiger partial charge is 0.497 e. The van der Waals surface area contributed by atoms with E-state index in [4.69, 9.17) is 17.0 Å². The molecule has 144 valence electrons. The van der Waals surface area contributed by atoms with E-state index in [0.717, 1.165) is 54.3 Å². The predicted octanol–water partition coefficient (Wildman–Crippen LogP) is 3.62. The van der Waals surface area contributed by atoms with Crippen molar-refractivity contribution in [1.82, 2.24) is 19.7 Å². The molecule has 6 nitrogen and oxygen atoms in total. The average Bonchev–Trinajstić information content (AvgIpc) is 3.47. The summed E-state index contributed by atoms with van der Waals surface area (Å²) in [5.74, 6) is 2.55. The van der Waals surface area contributed by atoms with Crippen molar-refractivity contribution < 1.29 is 9.53 Å². The second kappa shape index (κ2) is 7.84. The minimum Gasteiger partial charge on any atom is -0.497 e. The van der Waals surface area contributed by atoms with Gasteiger partial charge in [-0.15, -0.1) is 0 Å². The van der Waals surface area contributed by atoms with Crippen molar-refractivity contribution in [3.05, 3.63) is 40.4 Å². The number of aromatic amines is 1. The Bertz CT molecular complexity index is 863. The van der Waals surface area contributed by atoms with Crippen LogP contribution in [0.3, 0.4) is 0 Å². The molecular weight excluding hydrogens is 360 g/mol. The van der Waals surface area contributed by atoms with Crippen molar-refractivity contribution >= 4 is 18.1 Å². The van der Waals surface area contributed by atoms with E-state index in [-0.39, 0.29) is 5.91 Å². The summed E-state index contributed by atoms with van der Waals surface area (Å²) in [4.78, 5) is 14.6. The summed E-state index contributed by atoms with van der Waals surface area (Å²) in [5.41, 5.74) is 1.14. The molecule has 1 saturated carbocycles. The number of hydrogen-bond donors (Lipinski definition) is 1. The molecule has 2 heterocycles. The zero-order valence-corrected chi connectivity index (χ0v) is 16.5. The number of aromatic nitrogens is 3. The number of methoxy groups -OCH3 is 1. The van der Waals surface area contributed by atoms with Gasteiger partial charge in [-0.1, -0.05) is 12.1 Å². The van der Waals surface area contributed by atoms with Crippen molar-refractivity contribution in [2.24, 2.45) is 0 Å². The molecule has 1 N–H and O–H groups in total. The highest BCUT2D eigenvalue weighted by atomic mass is 32.1. The van der Waals surface area contributed by atoms with Crippen LogP contribution in [-0.2, 0) is 11.2 Å². The van der Waals surface area contributed by atoms with Gasteiger partial charge in [-0.2, -0.15) is 5.10 Å². The first-order valence-electron chi connectivity index (χ1n) is 9.73. The van der Waals surface area contributed by atoms with Crippen LogP contribution in [0.1, 0.15) is 55.5 Å². The number of carbonyl (C=O) groups excluding carboxylic acids is 1. The molecule has 2 aliphatic rings. The standard InChI is InChI=1S/C20H26N4O2S/c1-26-17-4-2-3-14(13-17)5-8-18(25)23-11-9-15(10-12-23)19-21-22-20(27)24(19)16-6-7-16/h2-4,13,15-16H,5-12H2,1H3,(H,22,27). The molecule has 1 aliphatic heterocycles. The molecule has 1 aliphatic carbocycles. The Hall–Kier alpha value is -2.15. The number of carbonyl (C=O) groups is 1. The molecular formula is C20H26N4O2S. The van der Waals surface area contributed by atoms with Crippen LogP contribution in [0.15, 0.2) is 24.3 Å². The van der Waals surface area contributed by atoms with Gasteiger partial charge >= 0.3 is 0 Å². The van der Waals surface area contributed by atoms with E-state index in [0.29, 0.717) is 18.4 Å². The van der Waals surface area contributed by atoms with Crippen LogP contribution in [0, 0.1) is 4.77 Å². The Morgan fingerprint density at radius 1 is 1.30 bits per heavy atom. The Labute approximate surface area is 164 Å². The van der Waals surface area contributed by atoms with Gasteiger partial charge in [-0.05, 0) is 62.0 Å². The minimum absolute atomic E-state index is 0.234. The summed E-state index contributed by atoms with van der Waals surface area (Å²) in [5, 5.41) is 7.46. The Morgan fingerprint density at radius 3 is 2.78 bits per heavy atom. The molecule has 7 heteroatoms. The summed E-state index contributed by atoms with van der Waals surface area (Å²) in [6.07, 6.45) is 5.59. The molecule has 2 aromatic rings. The van der Waals surface area contributed by atoms with Crippen molar-refractivity contribution in [2.75, 3.05) is 20.2 Å². The number of amides is 1. The normalized spacial score (nSPS) is 17.9. The quantitative estimate of drug-likeness (QED) is 0.770. The number of piperidine rings is 1. The van der Waals surface area contributed by atoms with E-state index in [1.165, 1.54) is 12.8 Å². The summed E-state index contributed by atoms with van der Waals surface area (Å²) in [6, 6.07) is 8.47. The van der Waals surface area contributed by atoms with Crippen LogP contribution in [0.5, 0.6) is 5.75 Å². The van der Waals surface area contributed by atoms with Crippen molar-refractivity contribution in [3.8, 4) is 5.75 Å². The predicted molar refractivity (Wildman–Crippen MR) is 106 cm³/mol. The van der Waals surface area contributed by atoms with Crippen molar-refractivity contribution in [3.63, 3.8) is 0 Å². The van der Waals surface area contributed by atoms with E-state index in [2.05, 4.69) is 14.8 Å². The fourth-order valence-corrected chi connectivity index (χ4v) is 4.20. The third-order valence-electron chi connectivity index (χ3n) is 5.62. The highest BCUT2D eigenvalue weighted by Gasteiger charge is 2.32. The molecule has 1 amide bonds. The maximum absolute atomic E-state index is 12.6. The van der Waals surface area contributed by atoms with E-state index in [1.807, 2.05) is 29.2 Å². The average molecular weight is 387 g/mol. The second-order valence-corrected chi connectivity index (χ2v) is 7.88. The molecule has 27 heavy (non-hydrogen) atoms. The SMILES string of the molecule is COc1cccc(CCC(=O)N2CCC(c3n[nH]c(=S)n3C3CC3)CC2)c1. The number of H-pyrrole nitrogens is 1. The number of hydrogen-bond acceptors (Lipinski definition) is 4. The first-order chi connectivity index (χ1) is 13.2. The van der Waals surface area contributed by atoms with Gasteiger partial charge in [-0.25, -0.2) is 0 Å². The Morgan fingerprint density at radius 2 is 2.07 bits per heavy atom.